The van der Waals surface area contributed by atoms with Crippen LogP contribution in [0.1, 0.15) is 11.6 Å². The van der Waals surface area contributed by atoms with Crippen molar-refractivity contribution in [2.75, 3.05) is 24.3 Å². The number of hydrogen-bond acceptors (Lipinski definition) is 6. The van der Waals surface area contributed by atoms with E-state index in [9.17, 15) is 13.2 Å². The molecule has 6 nitrogen and oxygen atoms in total. The van der Waals surface area contributed by atoms with Crippen molar-refractivity contribution in [3.8, 4) is 0 Å². The van der Waals surface area contributed by atoms with E-state index in [-0.39, 0.29) is 0 Å². The van der Waals surface area contributed by atoms with Crippen molar-refractivity contribution in [1.29, 1.82) is 0 Å². The van der Waals surface area contributed by atoms with E-state index in [0.29, 0.717) is 12.3 Å². The number of hydrogen-bond donors (Lipinski definition) is 2. The van der Waals surface area contributed by atoms with Crippen molar-refractivity contribution < 1.29 is 13.2 Å². The molecule has 0 saturated carbocycles. The van der Waals surface area contributed by atoms with Gasteiger partial charge in [-0.25, -0.2) is 14.3 Å². The van der Waals surface area contributed by atoms with E-state index in [1.807, 2.05) is 18.2 Å². The van der Waals surface area contributed by atoms with Crippen LogP contribution >= 0.6 is 11.8 Å². The SMILES string of the molecule is CS(=O)(=O)C1CSCCN1C(C(=O)NN)c1ccccc1. The molecule has 1 fully saturated rings. The predicted molar refractivity (Wildman–Crippen MR) is 84.2 cm³/mol. The minimum atomic E-state index is -3.29. The molecule has 1 amide bonds. The Morgan fingerprint density at radius 2 is 2.10 bits per heavy atom. The number of rotatable bonds is 4. The second-order valence-electron chi connectivity index (χ2n) is 4.92. The van der Waals surface area contributed by atoms with Gasteiger partial charge in [-0.2, -0.15) is 11.8 Å². The normalized spacial score (nSPS) is 21.7. The largest absolute Gasteiger partial charge is 0.293 e. The molecular weight excluding hydrogens is 310 g/mol. The smallest absolute Gasteiger partial charge is 0.255 e. The van der Waals surface area contributed by atoms with Gasteiger partial charge in [-0.3, -0.25) is 15.1 Å². The van der Waals surface area contributed by atoms with Crippen LogP contribution in [0.3, 0.4) is 0 Å². The zero-order chi connectivity index (χ0) is 15.5. The van der Waals surface area contributed by atoms with Gasteiger partial charge >= 0.3 is 0 Å². The highest BCUT2D eigenvalue weighted by atomic mass is 32.2. The first kappa shape index (κ1) is 16.3. The Bertz CT molecular complexity index is 592. The van der Waals surface area contributed by atoms with Gasteiger partial charge in [0.1, 0.15) is 11.4 Å². The molecule has 0 bridgehead atoms. The van der Waals surface area contributed by atoms with E-state index in [4.69, 9.17) is 5.84 Å². The molecule has 2 atom stereocenters. The molecule has 3 N–H and O–H groups in total. The van der Waals surface area contributed by atoms with Crippen molar-refractivity contribution in [3.05, 3.63) is 35.9 Å². The topological polar surface area (TPSA) is 92.5 Å². The lowest BCUT2D eigenvalue weighted by Gasteiger charge is -2.38. The highest BCUT2D eigenvalue weighted by molar-refractivity contribution is 8.00. The number of sulfone groups is 1. The number of hydrazine groups is 1. The number of thioether (sulfide) groups is 1. The summed E-state index contributed by atoms with van der Waals surface area (Å²) in [5.41, 5.74) is 2.89. The summed E-state index contributed by atoms with van der Waals surface area (Å²) in [6.45, 7) is 0.523. The van der Waals surface area contributed by atoms with Crippen LogP contribution < -0.4 is 11.3 Å². The van der Waals surface area contributed by atoms with E-state index in [1.165, 1.54) is 6.26 Å². The Kier molecular flexibility index (Phi) is 5.26. The van der Waals surface area contributed by atoms with Crippen molar-refractivity contribution in [3.63, 3.8) is 0 Å². The van der Waals surface area contributed by atoms with Crippen LogP contribution in [0, 0.1) is 0 Å². The summed E-state index contributed by atoms with van der Waals surface area (Å²) >= 11 is 1.58. The third-order valence-electron chi connectivity index (χ3n) is 3.46. The van der Waals surface area contributed by atoms with Gasteiger partial charge in [-0.15, -0.1) is 0 Å². The second kappa shape index (κ2) is 6.78. The Hall–Kier alpha value is -1.09. The van der Waals surface area contributed by atoms with Crippen molar-refractivity contribution in [2.45, 2.75) is 11.4 Å². The quantitative estimate of drug-likeness (QED) is 0.464. The minimum Gasteiger partial charge on any atom is -0.293 e. The maximum atomic E-state index is 12.2. The molecule has 0 aromatic heterocycles. The summed E-state index contributed by atoms with van der Waals surface area (Å²) in [6, 6.07) is 8.40. The maximum absolute atomic E-state index is 12.2. The molecule has 1 heterocycles. The molecular formula is C13H19N3O3S2. The molecule has 21 heavy (non-hydrogen) atoms. The molecule has 2 rings (SSSR count). The molecule has 1 aromatic rings. The third-order valence-corrected chi connectivity index (χ3v) is 6.12. The number of nitrogens with two attached hydrogens (primary N) is 1. The lowest BCUT2D eigenvalue weighted by molar-refractivity contribution is -0.127. The Morgan fingerprint density at radius 1 is 1.43 bits per heavy atom. The second-order valence-corrected chi connectivity index (χ2v) is 8.27. The number of carbonyl (C=O) groups excluding carboxylic acids is 1. The van der Waals surface area contributed by atoms with Gasteiger partial charge in [0.25, 0.3) is 5.91 Å². The zero-order valence-electron chi connectivity index (χ0n) is 11.7. The Morgan fingerprint density at radius 3 is 2.67 bits per heavy atom. The lowest BCUT2D eigenvalue weighted by atomic mass is 10.0. The van der Waals surface area contributed by atoms with Gasteiger partial charge < -0.3 is 0 Å². The fourth-order valence-electron chi connectivity index (χ4n) is 2.47. The predicted octanol–water partition coefficient (Wildman–Crippen LogP) is 0.137. The molecule has 1 aromatic carbocycles. The highest BCUT2D eigenvalue weighted by Gasteiger charge is 2.39. The van der Waals surface area contributed by atoms with E-state index in [1.54, 1.807) is 28.8 Å². The van der Waals surface area contributed by atoms with Crippen LogP contribution in [0.4, 0.5) is 0 Å². The summed E-state index contributed by atoms with van der Waals surface area (Å²) in [6.07, 6.45) is 1.21. The van der Waals surface area contributed by atoms with E-state index in [2.05, 4.69) is 5.43 Å². The number of carbonyl (C=O) groups is 1. The van der Waals surface area contributed by atoms with E-state index >= 15 is 0 Å². The van der Waals surface area contributed by atoms with Crippen LogP contribution in [0.5, 0.6) is 0 Å². The van der Waals surface area contributed by atoms with Crippen LogP contribution in [0.15, 0.2) is 30.3 Å². The maximum Gasteiger partial charge on any atom is 0.255 e. The molecule has 8 heteroatoms. The van der Waals surface area contributed by atoms with Gasteiger partial charge in [0.15, 0.2) is 9.84 Å². The molecule has 0 spiro atoms. The van der Waals surface area contributed by atoms with E-state index < -0.39 is 27.2 Å². The van der Waals surface area contributed by atoms with Gasteiger partial charge in [-0.05, 0) is 5.56 Å². The molecule has 0 radical (unpaired) electrons. The van der Waals surface area contributed by atoms with Crippen LogP contribution in [0.25, 0.3) is 0 Å². The first-order valence-electron chi connectivity index (χ1n) is 6.53. The summed E-state index contributed by atoms with van der Waals surface area (Å²) in [5.74, 6) is 6.13. The standard InChI is InChI=1S/C13H19N3O3S2/c1-21(18,19)11-9-20-8-7-16(11)12(13(17)15-14)10-5-3-2-4-6-10/h2-6,11-12H,7-9,14H2,1H3,(H,15,17). The Labute approximate surface area is 129 Å². The van der Waals surface area contributed by atoms with E-state index in [0.717, 1.165) is 11.3 Å². The molecule has 1 saturated heterocycles. The van der Waals surface area contributed by atoms with Crippen LogP contribution in [-0.2, 0) is 14.6 Å². The summed E-state index contributed by atoms with van der Waals surface area (Å²) in [7, 11) is -3.29. The average molecular weight is 329 g/mol. The van der Waals surface area contributed by atoms with Crippen molar-refractivity contribution >= 4 is 27.5 Å². The third kappa shape index (κ3) is 3.76. The average Bonchev–Trinajstić information content (AvgIpc) is 2.48. The zero-order valence-corrected chi connectivity index (χ0v) is 13.4. The first-order chi connectivity index (χ1) is 9.95. The van der Waals surface area contributed by atoms with Gasteiger partial charge in [-0.1, -0.05) is 30.3 Å². The number of benzene rings is 1. The molecule has 1 aliphatic rings. The molecule has 1 aliphatic heterocycles. The monoisotopic (exact) mass is 329 g/mol. The lowest BCUT2D eigenvalue weighted by Crippen LogP contribution is -2.53. The number of amides is 1. The summed E-state index contributed by atoms with van der Waals surface area (Å²) in [5, 5.41) is -0.682. The summed E-state index contributed by atoms with van der Waals surface area (Å²) < 4.78 is 24.1. The fraction of sp³-hybridized carbons (Fsp3) is 0.462. The van der Waals surface area contributed by atoms with Crippen LogP contribution in [0.2, 0.25) is 0 Å². The Balaban J connectivity index is 2.42. The fourth-order valence-corrected chi connectivity index (χ4v) is 5.36. The van der Waals surface area contributed by atoms with Gasteiger partial charge in [0, 0.05) is 24.3 Å². The summed E-state index contributed by atoms with van der Waals surface area (Å²) in [4.78, 5) is 13.9. The highest BCUT2D eigenvalue weighted by Crippen LogP contribution is 2.30. The minimum absolute atomic E-state index is 0.401. The number of nitrogens with zero attached hydrogens (tertiary/aromatic N) is 1. The first-order valence-corrected chi connectivity index (χ1v) is 9.64. The molecule has 0 aliphatic carbocycles. The van der Waals surface area contributed by atoms with Crippen LogP contribution in [-0.4, -0.2) is 48.9 Å². The van der Waals surface area contributed by atoms with Gasteiger partial charge in [0.2, 0.25) is 0 Å². The number of nitrogens with one attached hydrogen (secondary N) is 1. The molecule has 116 valence electrons. The molecule has 2 unspecified atom stereocenters. The van der Waals surface area contributed by atoms with Gasteiger partial charge in [0.05, 0.1) is 0 Å². The van der Waals surface area contributed by atoms with Crippen molar-refractivity contribution in [1.82, 2.24) is 10.3 Å². The van der Waals surface area contributed by atoms with Crippen molar-refractivity contribution in [2.24, 2.45) is 5.84 Å².